The highest BCUT2D eigenvalue weighted by atomic mass is 16.2. The number of imidazole rings is 1. The summed E-state index contributed by atoms with van der Waals surface area (Å²) in [6.45, 7) is 1.50. The maximum absolute atomic E-state index is 12.5. The molecule has 0 aliphatic heterocycles. The van der Waals surface area contributed by atoms with E-state index in [1.165, 1.54) is 6.92 Å². The van der Waals surface area contributed by atoms with E-state index in [0.717, 1.165) is 44.7 Å². The minimum Gasteiger partial charge on any atom is -0.345 e. The summed E-state index contributed by atoms with van der Waals surface area (Å²) in [6.07, 6.45) is 3.94. The lowest BCUT2D eigenvalue weighted by Crippen LogP contribution is -2.28. The fourth-order valence-electron chi connectivity index (χ4n) is 4.12. The smallest absolute Gasteiger partial charge is 0.221 e. The van der Waals surface area contributed by atoms with E-state index >= 15 is 0 Å². The summed E-state index contributed by atoms with van der Waals surface area (Å²) in [6, 6.07) is 15.8. The van der Waals surface area contributed by atoms with Crippen molar-refractivity contribution in [3.63, 3.8) is 0 Å². The first kappa shape index (κ1) is 18.2. The molecule has 0 bridgehead atoms. The Balaban J connectivity index is 1.60. The number of nitrogens with one attached hydrogen (secondary N) is 2. The van der Waals surface area contributed by atoms with E-state index in [9.17, 15) is 9.59 Å². The molecule has 1 amide bonds. The second-order valence-corrected chi connectivity index (χ2v) is 7.54. The highest BCUT2D eigenvalue weighted by Gasteiger charge is 2.32. The van der Waals surface area contributed by atoms with Gasteiger partial charge in [-0.1, -0.05) is 42.5 Å². The van der Waals surface area contributed by atoms with Gasteiger partial charge in [-0.2, -0.15) is 0 Å². The topological polar surface area (TPSA) is 87.7 Å². The van der Waals surface area contributed by atoms with Gasteiger partial charge in [0, 0.05) is 24.6 Å². The number of carbonyl (C=O) groups excluding carboxylic acids is 2. The molecule has 2 heterocycles. The molecule has 6 nitrogen and oxygen atoms in total. The number of aromatic nitrogens is 3. The highest BCUT2D eigenvalue weighted by Crippen LogP contribution is 2.47. The Hall–Kier alpha value is -3.80. The van der Waals surface area contributed by atoms with Crippen molar-refractivity contribution >= 4 is 22.7 Å². The Morgan fingerprint density at radius 3 is 2.63 bits per heavy atom. The van der Waals surface area contributed by atoms with Gasteiger partial charge in [-0.15, -0.1) is 0 Å². The summed E-state index contributed by atoms with van der Waals surface area (Å²) in [5.74, 6) is 0.658. The lowest BCUT2D eigenvalue weighted by atomic mass is 9.99. The number of nitrogens with zero attached hydrogens (tertiary/aromatic N) is 2. The molecule has 2 aromatic heterocycles. The van der Waals surface area contributed by atoms with Crippen molar-refractivity contribution in [3.8, 4) is 22.5 Å². The molecule has 2 N–H and O–H groups in total. The second kappa shape index (κ2) is 7.22. The minimum atomic E-state index is -0.248. The normalized spacial score (nSPS) is 14.4. The van der Waals surface area contributed by atoms with Crippen LogP contribution < -0.4 is 5.32 Å². The van der Waals surface area contributed by atoms with Crippen LogP contribution in [0.2, 0.25) is 0 Å². The van der Waals surface area contributed by atoms with Crippen LogP contribution >= 0.6 is 0 Å². The first-order chi connectivity index (χ1) is 14.6. The quantitative estimate of drug-likeness (QED) is 0.530. The molecule has 2 aromatic carbocycles. The molecule has 148 valence electrons. The second-order valence-electron chi connectivity index (χ2n) is 7.54. The van der Waals surface area contributed by atoms with Crippen LogP contribution in [0.15, 0.2) is 60.9 Å². The maximum Gasteiger partial charge on any atom is 0.221 e. The number of fused-ring (bicyclic) bond motifs is 4. The first-order valence-corrected chi connectivity index (χ1v) is 9.93. The zero-order valence-corrected chi connectivity index (χ0v) is 16.5. The van der Waals surface area contributed by atoms with E-state index < -0.39 is 0 Å². The van der Waals surface area contributed by atoms with Gasteiger partial charge in [-0.05, 0) is 35.2 Å². The summed E-state index contributed by atoms with van der Waals surface area (Å²) in [7, 11) is 0. The van der Waals surface area contributed by atoms with Crippen molar-refractivity contribution < 1.29 is 9.59 Å². The van der Waals surface area contributed by atoms with Gasteiger partial charge in [0.1, 0.15) is 11.6 Å². The summed E-state index contributed by atoms with van der Waals surface area (Å²) >= 11 is 0. The molecule has 6 heteroatoms. The fourth-order valence-corrected chi connectivity index (χ4v) is 4.12. The van der Waals surface area contributed by atoms with Crippen LogP contribution in [0.1, 0.15) is 36.9 Å². The molecule has 0 saturated heterocycles. The SMILES string of the molecule is CC(=O)CCC(=O)NC1c2ccccc2-c2c(-c3nc4ccncc4[nH]3)cccc21. The predicted molar refractivity (Wildman–Crippen MR) is 115 cm³/mol. The van der Waals surface area contributed by atoms with Gasteiger partial charge in [0.25, 0.3) is 0 Å². The van der Waals surface area contributed by atoms with E-state index in [2.05, 4.69) is 21.4 Å². The van der Waals surface area contributed by atoms with Gasteiger partial charge in [-0.25, -0.2) is 4.98 Å². The number of pyridine rings is 1. The molecular weight excluding hydrogens is 376 g/mol. The average molecular weight is 396 g/mol. The number of H-pyrrole nitrogens is 1. The van der Waals surface area contributed by atoms with E-state index in [1.54, 1.807) is 12.4 Å². The largest absolute Gasteiger partial charge is 0.345 e. The monoisotopic (exact) mass is 396 g/mol. The van der Waals surface area contributed by atoms with Crippen molar-refractivity contribution in [1.82, 2.24) is 20.3 Å². The van der Waals surface area contributed by atoms with Crippen LogP contribution in [0, 0.1) is 0 Å². The third-order valence-corrected chi connectivity index (χ3v) is 5.50. The zero-order chi connectivity index (χ0) is 20.7. The minimum absolute atomic E-state index is 0.0130. The number of carbonyl (C=O) groups is 2. The molecule has 0 radical (unpaired) electrons. The molecule has 0 spiro atoms. The van der Waals surface area contributed by atoms with E-state index in [0.29, 0.717) is 0 Å². The molecule has 30 heavy (non-hydrogen) atoms. The van der Waals surface area contributed by atoms with Crippen LogP contribution in [0.5, 0.6) is 0 Å². The maximum atomic E-state index is 12.5. The van der Waals surface area contributed by atoms with Crippen molar-refractivity contribution in [3.05, 3.63) is 72.1 Å². The van der Waals surface area contributed by atoms with E-state index in [-0.39, 0.29) is 30.6 Å². The molecule has 5 rings (SSSR count). The standard InChI is InChI=1S/C24H20N4O2/c1-14(29)9-10-21(30)28-23-16-6-3-2-5-15(16)22-17(23)7-4-8-18(22)24-26-19-11-12-25-13-20(19)27-24/h2-8,11-13,23H,9-10H2,1H3,(H,26,27)(H,28,30). The Kier molecular flexibility index (Phi) is 4.39. The van der Waals surface area contributed by atoms with E-state index in [4.69, 9.17) is 4.98 Å². The zero-order valence-electron chi connectivity index (χ0n) is 16.5. The lowest BCUT2D eigenvalue weighted by molar-refractivity contribution is -0.125. The Bertz CT molecular complexity index is 1260. The number of ketones is 1. The number of hydrogen-bond acceptors (Lipinski definition) is 4. The van der Waals surface area contributed by atoms with Crippen molar-refractivity contribution in [2.24, 2.45) is 0 Å². The molecule has 1 atom stereocenters. The van der Waals surface area contributed by atoms with Crippen LogP contribution in [0.3, 0.4) is 0 Å². The summed E-state index contributed by atoms with van der Waals surface area (Å²) in [5, 5.41) is 3.12. The van der Waals surface area contributed by atoms with Gasteiger partial charge in [0.2, 0.25) is 5.91 Å². The van der Waals surface area contributed by atoms with E-state index in [1.807, 2.05) is 42.5 Å². The number of aromatic amines is 1. The highest BCUT2D eigenvalue weighted by molar-refractivity contribution is 5.93. The third-order valence-electron chi connectivity index (χ3n) is 5.50. The number of amides is 1. The number of benzene rings is 2. The molecule has 0 fully saturated rings. The van der Waals surface area contributed by atoms with Crippen molar-refractivity contribution in [1.29, 1.82) is 0 Å². The molecule has 0 saturated carbocycles. The van der Waals surface area contributed by atoms with Gasteiger partial charge in [0.15, 0.2) is 0 Å². The predicted octanol–water partition coefficient (Wildman–Crippen LogP) is 4.18. The van der Waals surface area contributed by atoms with Gasteiger partial charge in [0.05, 0.1) is 23.3 Å². The van der Waals surface area contributed by atoms with Crippen LogP contribution in [0.25, 0.3) is 33.5 Å². The fraction of sp³-hybridized carbons (Fsp3) is 0.167. The average Bonchev–Trinajstić information content (AvgIpc) is 3.32. The Morgan fingerprint density at radius 2 is 1.80 bits per heavy atom. The third kappa shape index (κ3) is 3.06. The van der Waals surface area contributed by atoms with Crippen LogP contribution in [-0.4, -0.2) is 26.6 Å². The molecule has 1 unspecified atom stereocenters. The van der Waals surface area contributed by atoms with Gasteiger partial charge in [-0.3, -0.25) is 9.78 Å². The number of hydrogen-bond donors (Lipinski definition) is 2. The lowest BCUT2D eigenvalue weighted by Gasteiger charge is -2.16. The Labute approximate surface area is 173 Å². The van der Waals surface area contributed by atoms with Gasteiger partial charge >= 0.3 is 0 Å². The molecule has 1 aliphatic carbocycles. The van der Waals surface area contributed by atoms with Gasteiger partial charge < -0.3 is 15.1 Å². The number of Topliss-reactive ketones (excluding diaryl/α,β-unsaturated/α-hetero) is 1. The molecule has 4 aromatic rings. The summed E-state index contributed by atoms with van der Waals surface area (Å²) < 4.78 is 0. The van der Waals surface area contributed by atoms with Crippen molar-refractivity contribution in [2.75, 3.05) is 0 Å². The summed E-state index contributed by atoms with van der Waals surface area (Å²) in [4.78, 5) is 36.0. The van der Waals surface area contributed by atoms with Crippen molar-refractivity contribution in [2.45, 2.75) is 25.8 Å². The number of rotatable bonds is 5. The first-order valence-electron chi connectivity index (χ1n) is 9.93. The molecule has 1 aliphatic rings. The van der Waals surface area contributed by atoms with Crippen LogP contribution in [0.4, 0.5) is 0 Å². The molecular formula is C24H20N4O2. The summed E-state index contributed by atoms with van der Waals surface area (Å²) in [5.41, 5.74) is 6.95. The Morgan fingerprint density at radius 1 is 1.00 bits per heavy atom. The van der Waals surface area contributed by atoms with Crippen LogP contribution in [-0.2, 0) is 9.59 Å².